The summed E-state index contributed by atoms with van der Waals surface area (Å²) < 4.78 is 5.86. The topological polar surface area (TPSA) is 33.5 Å². The molecule has 0 spiro atoms. The minimum Gasteiger partial charge on any atom is -0.459 e. The largest absolute Gasteiger partial charge is 0.459 e. The van der Waals surface area contributed by atoms with Crippen LogP contribution in [0, 0.1) is 5.92 Å². The van der Waals surface area contributed by atoms with E-state index in [1.54, 1.807) is 4.90 Å². The Balaban J connectivity index is 1.72. The fraction of sp³-hybridized carbons (Fsp3) is 0.389. The molecule has 1 aliphatic rings. The summed E-state index contributed by atoms with van der Waals surface area (Å²) in [6.45, 7) is 2.01. The number of amides is 1. The Bertz CT molecular complexity index is 638. The molecule has 0 aliphatic heterocycles. The number of rotatable bonds is 4. The molecule has 2 atom stereocenters. The fourth-order valence-electron chi connectivity index (χ4n) is 2.85. The van der Waals surface area contributed by atoms with Gasteiger partial charge in [0.2, 0.25) is 5.91 Å². The molecule has 21 heavy (non-hydrogen) atoms. The van der Waals surface area contributed by atoms with Crippen molar-refractivity contribution in [3.8, 4) is 0 Å². The molecule has 1 heterocycles. The zero-order valence-electron chi connectivity index (χ0n) is 12.6. The molecule has 0 N–H and O–H groups in total. The van der Waals surface area contributed by atoms with E-state index in [0.717, 1.165) is 29.6 Å². The minimum atomic E-state index is -0.0460. The smallest absolute Gasteiger partial charge is 0.223 e. The molecule has 0 saturated heterocycles. The van der Waals surface area contributed by atoms with Gasteiger partial charge >= 0.3 is 0 Å². The maximum atomic E-state index is 12.4. The lowest BCUT2D eigenvalue weighted by Gasteiger charge is -2.24. The van der Waals surface area contributed by atoms with Gasteiger partial charge in [0, 0.05) is 18.9 Å². The van der Waals surface area contributed by atoms with E-state index in [-0.39, 0.29) is 11.9 Å². The number of para-hydroxylation sites is 1. The Labute approximate surface area is 125 Å². The SMILES string of the molecule is CC(c1cc2ccccc2o1)N(C)C(=O)CC1C=CCC1. The third kappa shape index (κ3) is 2.87. The second-order valence-corrected chi connectivity index (χ2v) is 5.84. The highest BCUT2D eigenvalue weighted by atomic mass is 16.3. The minimum absolute atomic E-state index is 0.0460. The summed E-state index contributed by atoms with van der Waals surface area (Å²) >= 11 is 0. The molecule has 1 aromatic carbocycles. The van der Waals surface area contributed by atoms with Gasteiger partial charge in [0.1, 0.15) is 11.3 Å². The van der Waals surface area contributed by atoms with Crippen molar-refractivity contribution >= 4 is 16.9 Å². The summed E-state index contributed by atoms with van der Waals surface area (Å²) in [6, 6.07) is 9.92. The molecule has 2 aromatic rings. The molecule has 0 fully saturated rings. The van der Waals surface area contributed by atoms with Gasteiger partial charge < -0.3 is 9.32 Å². The van der Waals surface area contributed by atoms with Gasteiger partial charge in [0.05, 0.1) is 6.04 Å². The highest BCUT2D eigenvalue weighted by molar-refractivity contribution is 5.79. The van der Waals surface area contributed by atoms with Gasteiger partial charge in [-0.05, 0) is 37.8 Å². The first-order valence-corrected chi connectivity index (χ1v) is 7.56. The number of nitrogens with zero attached hydrogens (tertiary/aromatic N) is 1. The monoisotopic (exact) mass is 283 g/mol. The quantitative estimate of drug-likeness (QED) is 0.783. The van der Waals surface area contributed by atoms with Gasteiger partial charge in [-0.15, -0.1) is 0 Å². The Morgan fingerprint density at radius 3 is 2.95 bits per heavy atom. The molecule has 0 saturated carbocycles. The predicted octanol–water partition coefficient (Wildman–Crippen LogP) is 4.31. The van der Waals surface area contributed by atoms with Gasteiger partial charge in [-0.2, -0.15) is 0 Å². The molecule has 0 radical (unpaired) electrons. The first-order valence-electron chi connectivity index (χ1n) is 7.56. The van der Waals surface area contributed by atoms with Crippen LogP contribution in [0.4, 0.5) is 0 Å². The molecule has 1 aromatic heterocycles. The second kappa shape index (κ2) is 5.76. The number of hydrogen-bond donors (Lipinski definition) is 0. The van der Waals surface area contributed by atoms with E-state index >= 15 is 0 Å². The number of carbonyl (C=O) groups is 1. The fourth-order valence-corrected chi connectivity index (χ4v) is 2.85. The molecular formula is C18H21NO2. The van der Waals surface area contributed by atoms with Gasteiger partial charge in [-0.1, -0.05) is 30.4 Å². The standard InChI is InChI=1S/C18H21NO2/c1-13(17-12-15-9-5-6-10-16(15)21-17)19(2)18(20)11-14-7-3-4-8-14/h3,5-7,9-10,12-14H,4,8,11H2,1-2H3. The van der Waals surface area contributed by atoms with Crippen LogP contribution in [0.25, 0.3) is 11.0 Å². The zero-order valence-corrected chi connectivity index (χ0v) is 12.6. The average Bonchev–Trinajstić information content (AvgIpc) is 3.14. The average molecular weight is 283 g/mol. The summed E-state index contributed by atoms with van der Waals surface area (Å²) in [4.78, 5) is 14.2. The van der Waals surface area contributed by atoms with E-state index in [4.69, 9.17) is 4.42 Å². The van der Waals surface area contributed by atoms with Crippen molar-refractivity contribution in [1.29, 1.82) is 0 Å². The van der Waals surface area contributed by atoms with E-state index in [0.29, 0.717) is 12.3 Å². The van der Waals surface area contributed by atoms with Gasteiger partial charge in [-0.25, -0.2) is 0 Å². The lowest BCUT2D eigenvalue weighted by molar-refractivity contribution is -0.132. The lowest BCUT2D eigenvalue weighted by atomic mass is 10.0. The predicted molar refractivity (Wildman–Crippen MR) is 83.9 cm³/mol. The van der Waals surface area contributed by atoms with E-state index in [1.165, 1.54) is 0 Å². The molecular weight excluding hydrogens is 262 g/mol. The van der Waals surface area contributed by atoms with E-state index in [1.807, 2.05) is 44.3 Å². The van der Waals surface area contributed by atoms with E-state index < -0.39 is 0 Å². The Hall–Kier alpha value is -2.03. The molecule has 2 unspecified atom stereocenters. The van der Waals surface area contributed by atoms with Gasteiger partial charge in [0.15, 0.2) is 0 Å². The molecule has 3 nitrogen and oxygen atoms in total. The van der Waals surface area contributed by atoms with Crippen molar-refractivity contribution in [3.05, 3.63) is 48.2 Å². The van der Waals surface area contributed by atoms with Crippen molar-refractivity contribution in [1.82, 2.24) is 4.90 Å². The lowest BCUT2D eigenvalue weighted by Crippen LogP contribution is -2.30. The third-order valence-electron chi connectivity index (χ3n) is 4.38. The van der Waals surface area contributed by atoms with Crippen LogP contribution in [-0.2, 0) is 4.79 Å². The maximum Gasteiger partial charge on any atom is 0.223 e. The molecule has 3 heteroatoms. The maximum absolute atomic E-state index is 12.4. The highest BCUT2D eigenvalue weighted by Gasteiger charge is 2.23. The van der Waals surface area contributed by atoms with Crippen LogP contribution in [-0.4, -0.2) is 17.9 Å². The third-order valence-corrected chi connectivity index (χ3v) is 4.38. The van der Waals surface area contributed by atoms with Crippen LogP contribution in [0.1, 0.15) is 38.0 Å². The van der Waals surface area contributed by atoms with E-state index in [2.05, 4.69) is 12.2 Å². The van der Waals surface area contributed by atoms with Crippen molar-refractivity contribution in [3.63, 3.8) is 0 Å². The van der Waals surface area contributed by atoms with Crippen LogP contribution >= 0.6 is 0 Å². The molecule has 1 aliphatic carbocycles. The Kier molecular flexibility index (Phi) is 3.82. The Morgan fingerprint density at radius 1 is 1.43 bits per heavy atom. The molecule has 0 bridgehead atoms. The summed E-state index contributed by atoms with van der Waals surface area (Å²) in [7, 11) is 1.86. The molecule has 1 amide bonds. The van der Waals surface area contributed by atoms with Crippen LogP contribution in [0.5, 0.6) is 0 Å². The second-order valence-electron chi connectivity index (χ2n) is 5.84. The van der Waals surface area contributed by atoms with Crippen molar-refractivity contribution in [2.75, 3.05) is 7.05 Å². The summed E-state index contributed by atoms with van der Waals surface area (Å²) in [5.41, 5.74) is 0.874. The number of fused-ring (bicyclic) bond motifs is 1. The molecule has 3 rings (SSSR count). The zero-order chi connectivity index (χ0) is 14.8. The van der Waals surface area contributed by atoms with Crippen molar-refractivity contribution < 1.29 is 9.21 Å². The van der Waals surface area contributed by atoms with Crippen LogP contribution in [0.3, 0.4) is 0 Å². The number of carbonyl (C=O) groups excluding carboxylic acids is 1. The van der Waals surface area contributed by atoms with Gasteiger partial charge in [0.25, 0.3) is 0 Å². The number of hydrogen-bond acceptors (Lipinski definition) is 2. The van der Waals surface area contributed by atoms with Crippen molar-refractivity contribution in [2.45, 2.75) is 32.2 Å². The van der Waals surface area contributed by atoms with E-state index in [9.17, 15) is 4.79 Å². The first kappa shape index (κ1) is 13.9. The number of benzene rings is 1. The normalized spacial score (nSPS) is 19.0. The van der Waals surface area contributed by atoms with Crippen LogP contribution in [0.15, 0.2) is 46.9 Å². The Morgan fingerprint density at radius 2 is 2.24 bits per heavy atom. The molecule has 110 valence electrons. The summed E-state index contributed by atoms with van der Waals surface area (Å²) in [6.07, 6.45) is 7.12. The highest BCUT2D eigenvalue weighted by Crippen LogP contribution is 2.28. The van der Waals surface area contributed by atoms with Crippen molar-refractivity contribution in [2.24, 2.45) is 5.92 Å². The number of furan rings is 1. The summed E-state index contributed by atoms with van der Waals surface area (Å²) in [5, 5.41) is 1.08. The number of allylic oxidation sites excluding steroid dienone is 2. The summed E-state index contributed by atoms with van der Waals surface area (Å²) in [5.74, 6) is 1.43. The van der Waals surface area contributed by atoms with Gasteiger partial charge in [-0.3, -0.25) is 4.79 Å². The van der Waals surface area contributed by atoms with Crippen LogP contribution in [0.2, 0.25) is 0 Å². The van der Waals surface area contributed by atoms with Crippen LogP contribution < -0.4 is 0 Å². The first-order chi connectivity index (χ1) is 10.1.